The number of ether oxygens (including phenoxy) is 1. The average molecular weight is 536 g/mol. The van der Waals surface area contributed by atoms with Crippen LogP contribution in [0, 0.1) is 3.57 Å². The fraction of sp³-hybridized carbons (Fsp3) is 0.235. The minimum atomic E-state index is -0.560. The number of hydrogen-bond donors (Lipinski definition) is 1. The van der Waals surface area contributed by atoms with Gasteiger partial charge >= 0.3 is 0 Å². The van der Waals surface area contributed by atoms with Gasteiger partial charge in [-0.2, -0.15) is 0 Å². The van der Waals surface area contributed by atoms with Crippen molar-refractivity contribution in [3.8, 4) is 5.75 Å². The van der Waals surface area contributed by atoms with Crippen LogP contribution in [0.2, 0.25) is 0 Å². The molecule has 0 radical (unpaired) electrons. The van der Waals surface area contributed by atoms with Crippen molar-refractivity contribution >= 4 is 33.6 Å². The first-order valence-electron chi connectivity index (χ1n) is 7.13. The van der Waals surface area contributed by atoms with Gasteiger partial charge in [0.2, 0.25) is 6.33 Å². The first kappa shape index (κ1) is 18.5. The molecule has 4 nitrogen and oxygen atoms in total. The van der Waals surface area contributed by atoms with Crippen molar-refractivity contribution in [3.05, 3.63) is 58.4 Å². The second-order valence-electron chi connectivity index (χ2n) is 5.29. The fourth-order valence-electron chi connectivity index (χ4n) is 2.49. The van der Waals surface area contributed by atoms with Gasteiger partial charge in [-0.15, -0.1) is 0 Å². The molecule has 0 amide bonds. The van der Waals surface area contributed by atoms with E-state index >= 15 is 0 Å². The molecule has 0 spiro atoms. The Morgan fingerprint density at radius 3 is 2.61 bits per heavy atom. The summed E-state index contributed by atoms with van der Waals surface area (Å²) in [5.74, 6) is 0.780. The molecule has 0 fully saturated rings. The van der Waals surface area contributed by atoms with E-state index in [0.717, 1.165) is 20.4 Å². The van der Waals surface area contributed by atoms with Crippen LogP contribution in [0.1, 0.15) is 0 Å². The smallest absolute Gasteiger partial charge is 0.244 e. The third-order valence-corrected chi connectivity index (χ3v) is 4.27. The Kier molecular flexibility index (Phi) is 6.66. The van der Waals surface area contributed by atoms with Gasteiger partial charge in [0.1, 0.15) is 25.0 Å². The minimum absolute atomic E-state index is 0. The number of halogens is 2. The number of aliphatic hydroxyl groups is 1. The quantitative estimate of drug-likeness (QED) is 0.354. The molecule has 1 unspecified atom stereocenters. The number of benzene rings is 2. The lowest BCUT2D eigenvalue weighted by molar-refractivity contribution is -0.645. The van der Waals surface area contributed by atoms with Gasteiger partial charge in [-0.1, -0.05) is 12.1 Å². The molecule has 1 N–H and O–H groups in total. The lowest BCUT2D eigenvalue weighted by Gasteiger charge is -2.11. The predicted octanol–water partition coefficient (Wildman–Crippen LogP) is -0.486. The van der Waals surface area contributed by atoms with Gasteiger partial charge in [-0.3, -0.25) is 0 Å². The average Bonchev–Trinajstić information content (AvgIpc) is 2.83. The summed E-state index contributed by atoms with van der Waals surface area (Å²) >= 11 is 2.25. The standard InChI is InChI=1S/C17H18IN2O2.HI/c1-19-12-20(17-5-3-2-4-16(17)19)10-14(21)11-22-15-8-6-13(18)7-9-15;/h2-9,12,14,21H,10-11H2,1H3;1H/q+1;/p-1. The summed E-state index contributed by atoms with van der Waals surface area (Å²) in [6.07, 6.45) is 1.44. The van der Waals surface area contributed by atoms with Gasteiger partial charge in [-0.25, -0.2) is 9.13 Å². The van der Waals surface area contributed by atoms with Crippen LogP contribution in [-0.2, 0) is 13.6 Å². The highest BCUT2D eigenvalue weighted by Crippen LogP contribution is 2.14. The molecule has 23 heavy (non-hydrogen) atoms. The second-order valence-corrected chi connectivity index (χ2v) is 6.53. The molecule has 2 aromatic carbocycles. The van der Waals surface area contributed by atoms with E-state index in [2.05, 4.69) is 43.9 Å². The summed E-state index contributed by atoms with van der Waals surface area (Å²) < 4.78 is 10.9. The van der Waals surface area contributed by atoms with Gasteiger partial charge in [0.25, 0.3) is 0 Å². The maximum Gasteiger partial charge on any atom is 0.244 e. The first-order chi connectivity index (χ1) is 10.6. The van der Waals surface area contributed by atoms with Crippen LogP contribution in [0.25, 0.3) is 11.0 Å². The van der Waals surface area contributed by atoms with E-state index in [1.807, 2.05) is 49.8 Å². The first-order valence-corrected chi connectivity index (χ1v) is 8.21. The molecular formula is C17H18I2N2O2. The summed E-state index contributed by atoms with van der Waals surface area (Å²) in [4.78, 5) is 0. The number of aliphatic hydroxyl groups excluding tert-OH is 1. The lowest BCUT2D eigenvalue weighted by atomic mass is 10.3. The van der Waals surface area contributed by atoms with Crippen LogP contribution in [0.15, 0.2) is 54.9 Å². The summed E-state index contributed by atoms with van der Waals surface area (Å²) in [6, 6.07) is 16.0. The van der Waals surface area contributed by atoms with E-state index in [-0.39, 0.29) is 30.6 Å². The van der Waals surface area contributed by atoms with Crippen LogP contribution in [0.3, 0.4) is 0 Å². The normalized spacial score (nSPS) is 12.0. The van der Waals surface area contributed by atoms with E-state index in [9.17, 15) is 5.11 Å². The highest BCUT2D eigenvalue weighted by molar-refractivity contribution is 14.1. The molecular weight excluding hydrogens is 518 g/mol. The van der Waals surface area contributed by atoms with Crippen LogP contribution in [0.5, 0.6) is 5.75 Å². The summed E-state index contributed by atoms with van der Waals surface area (Å²) in [5, 5.41) is 10.2. The maximum absolute atomic E-state index is 10.2. The Morgan fingerprint density at radius 1 is 1.17 bits per heavy atom. The number of para-hydroxylation sites is 2. The third-order valence-electron chi connectivity index (χ3n) is 3.55. The van der Waals surface area contributed by atoms with E-state index < -0.39 is 6.10 Å². The van der Waals surface area contributed by atoms with Crippen LogP contribution in [0.4, 0.5) is 0 Å². The molecule has 0 saturated carbocycles. The number of fused-ring (bicyclic) bond motifs is 1. The number of imidazole rings is 1. The van der Waals surface area contributed by atoms with Gasteiger partial charge in [-0.05, 0) is 59.0 Å². The van der Waals surface area contributed by atoms with Crippen molar-refractivity contribution in [2.24, 2.45) is 7.05 Å². The fourth-order valence-corrected chi connectivity index (χ4v) is 2.85. The molecule has 0 aliphatic carbocycles. The van der Waals surface area contributed by atoms with Crippen LogP contribution in [-0.4, -0.2) is 22.4 Å². The van der Waals surface area contributed by atoms with Gasteiger partial charge in [0.05, 0.1) is 7.05 Å². The molecule has 3 aromatic rings. The van der Waals surface area contributed by atoms with Crippen LogP contribution >= 0.6 is 22.6 Å². The van der Waals surface area contributed by atoms with Crippen molar-refractivity contribution in [2.45, 2.75) is 12.6 Å². The number of rotatable bonds is 5. The second kappa shape index (κ2) is 8.29. The van der Waals surface area contributed by atoms with Crippen molar-refractivity contribution in [1.29, 1.82) is 0 Å². The Balaban J connectivity index is 0.00000192. The Morgan fingerprint density at radius 2 is 1.87 bits per heavy atom. The predicted molar refractivity (Wildman–Crippen MR) is 93.8 cm³/mol. The topological polar surface area (TPSA) is 38.3 Å². The molecule has 3 rings (SSSR count). The van der Waals surface area contributed by atoms with E-state index in [4.69, 9.17) is 4.74 Å². The molecule has 6 heteroatoms. The summed E-state index contributed by atoms with van der Waals surface area (Å²) in [5.41, 5.74) is 2.26. The summed E-state index contributed by atoms with van der Waals surface area (Å²) in [7, 11) is 2.01. The number of hydrogen-bond acceptors (Lipinski definition) is 2. The largest absolute Gasteiger partial charge is 1.00 e. The zero-order chi connectivity index (χ0) is 15.5. The molecule has 0 saturated heterocycles. The zero-order valence-electron chi connectivity index (χ0n) is 12.7. The van der Waals surface area contributed by atoms with Gasteiger partial charge in [0.15, 0.2) is 11.0 Å². The van der Waals surface area contributed by atoms with Crippen molar-refractivity contribution in [3.63, 3.8) is 0 Å². The van der Waals surface area contributed by atoms with Crippen molar-refractivity contribution in [1.82, 2.24) is 4.57 Å². The maximum atomic E-state index is 10.2. The molecule has 122 valence electrons. The monoisotopic (exact) mass is 536 g/mol. The number of nitrogens with zero attached hydrogens (tertiary/aromatic N) is 2. The lowest BCUT2D eigenvalue weighted by Crippen LogP contribution is -3.00. The minimum Gasteiger partial charge on any atom is -1.00 e. The Hall–Kier alpha value is -0.870. The van der Waals surface area contributed by atoms with Crippen LogP contribution < -0.4 is 33.3 Å². The van der Waals surface area contributed by atoms with Gasteiger partial charge in [0, 0.05) is 3.57 Å². The highest BCUT2D eigenvalue weighted by Gasteiger charge is 2.16. The summed E-state index contributed by atoms with van der Waals surface area (Å²) in [6.45, 7) is 0.780. The van der Waals surface area contributed by atoms with Crippen molar-refractivity contribution in [2.75, 3.05) is 6.61 Å². The SMILES string of the molecule is C[n+]1cn(CC(O)COc2ccc(I)cc2)c2ccccc21.[I-]. The van der Waals surface area contributed by atoms with Crippen molar-refractivity contribution < 1.29 is 38.4 Å². The third kappa shape index (κ3) is 4.57. The molecule has 0 aliphatic rings. The molecule has 1 aromatic heterocycles. The molecule has 0 aliphatic heterocycles. The van der Waals surface area contributed by atoms with E-state index in [1.54, 1.807) is 0 Å². The molecule has 0 bridgehead atoms. The Labute approximate surface area is 166 Å². The zero-order valence-corrected chi connectivity index (χ0v) is 17.0. The Bertz CT molecular complexity index is 772. The number of aryl methyl sites for hydroxylation is 1. The van der Waals surface area contributed by atoms with Gasteiger partial charge < -0.3 is 33.8 Å². The highest BCUT2D eigenvalue weighted by atomic mass is 127. The molecule has 1 heterocycles. The number of aromatic nitrogens is 2. The molecule has 1 atom stereocenters. The van der Waals surface area contributed by atoms with E-state index in [0.29, 0.717) is 6.54 Å². The van der Waals surface area contributed by atoms with E-state index in [1.165, 1.54) is 0 Å².